The number of hydrogen-bond donors (Lipinski definition) is 1. The Morgan fingerprint density at radius 3 is 2.87 bits per heavy atom. The molecule has 78 valence electrons. The Morgan fingerprint density at radius 1 is 1.47 bits per heavy atom. The summed E-state index contributed by atoms with van der Waals surface area (Å²) in [4.78, 5) is 0. The zero-order chi connectivity index (χ0) is 10.8. The highest BCUT2D eigenvalue weighted by Crippen LogP contribution is 2.19. The summed E-state index contributed by atoms with van der Waals surface area (Å²) >= 11 is 5.72. The summed E-state index contributed by atoms with van der Waals surface area (Å²) in [6.45, 7) is 1.93. The summed E-state index contributed by atoms with van der Waals surface area (Å²) in [6.07, 6.45) is 3.50. The van der Waals surface area contributed by atoms with Gasteiger partial charge in [-0.1, -0.05) is 11.6 Å². The van der Waals surface area contributed by atoms with Crippen LogP contribution in [0.15, 0.2) is 18.5 Å². The van der Waals surface area contributed by atoms with Gasteiger partial charge in [0.1, 0.15) is 0 Å². The average Bonchev–Trinajstić information content (AvgIpc) is 2.45. The number of nitrogens with zero attached hydrogens (tertiary/aromatic N) is 4. The van der Waals surface area contributed by atoms with Crippen molar-refractivity contribution in [1.82, 2.24) is 20.0 Å². The van der Waals surface area contributed by atoms with Crippen LogP contribution in [0.4, 0.5) is 11.4 Å². The fourth-order valence-electron chi connectivity index (χ4n) is 1.29. The second-order valence-corrected chi connectivity index (χ2v) is 3.58. The standard InChI is InChI=1S/C9H10ClN5/c1-6-8(5-15(2)14-6)12-7-3-9(10)13-11-4-7/h3-5H,1-2H3,(H,12,13). The summed E-state index contributed by atoms with van der Waals surface area (Å²) in [5.41, 5.74) is 2.65. The van der Waals surface area contributed by atoms with Crippen LogP contribution in [-0.2, 0) is 7.05 Å². The molecule has 0 radical (unpaired) electrons. The second-order valence-electron chi connectivity index (χ2n) is 3.19. The number of aryl methyl sites for hydroxylation is 2. The Labute approximate surface area is 92.1 Å². The second kappa shape index (κ2) is 3.86. The molecule has 0 aliphatic rings. The predicted molar refractivity (Wildman–Crippen MR) is 58.3 cm³/mol. The van der Waals surface area contributed by atoms with Crippen molar-refractivity contribution < 1.29 is 0 Å². The number of aromatic nitrogens is 4. The van der Waals surface area contributed by atoms with Gasteiger partial charge in [0, 0.05) is 19.3 Å². The molecular formula is C9H10ClN5. The fraction of sp³-hybridized carbons (Fsp3) is 0.222. The summed E-state index contributed by atoms with van der Waals surface area (Å²) < 4.78 is 1.74. The van der Waals surface area contributed by atoms with Crippen LogP contribution >= 0.6 is 11.6 Å². The Hall–Kier alpha value is -1.62. The molecule has 5 nitrogen and oxygen atoms in total. The third kappa shape index (κ3) is 2.24. The molecule has 2 rings (SSSR count). The van der Waals surface area contributed by atoms with Gasteiger partial charge in [-0.2, -0.15) is 10.2 Å². The topological polar surface area (TPSA) is 55.6 Å². The zero-order valence-corrected chi connectivity index (χ0v) is 9.15. The van der Waals surface area contributed by atoms with E-state index in [0.717, 1.165) is 17.1 Å². The number of anilines is 2. The highest BCUT2D eigenvalue weighted by Gasteiger charge is 2.03. The largest absolute Gasteiger partial charge is 0.351 e. The van der Waals surface area contributed by atoms with Gasteiger partial charge in [-0.3, -0.25) is 4.68 Å². The first-order valence-electron chi connectivity index (χ1n) is 4.40. The first-order chi connectivity index (χ1) is 7.15. The van der Waals surface area contributed by atoms with Crippen molar-refractivity contribution in [3.05, 3.63) is 29.3 Å². The van der Waals surface area contributed by atoms with Crippen LogP contribution in [0, 0.1) is 6.92 Å². The molecule has 0 aliphatic heterocycles. The van der Waals surface area contributed by atoms with Crippen molar-refractivity contribution in [2.75, 3.05) is 5.32 Å². The molecule has 2 aromatic rings. The molecule has 2 heterocycles. The van der Waals surface area contributed by atoms with Crippen molar-refractivity contribution >= 4 is 23.0 Å². The van der Waals surface area contributed by atoms with Crippen LogP contribution in [0.5, 0.6) is 0 Å². The maximum absolute atomic E-state index is 5.72. The van der Waals surface area contributed by atoms with E-state index in [1.165, 1.54) is 0 Å². The first kappa shape index (κ1) is 9.92. The van der Waals surface area contributed by atoms with Gasteiger partial charge >= 0.3 is 0 Å². The van der Waals surface area contributed by atoms with E-state index in [2.05, 4.69) is 20.6 Å². The molecule has 15 heavy (non-hydrogen) atoms. The third-order valence-corrected chi connectivity index (χ3v) is 2.10. The Bertz CT molecular complexity index is 479. The Kier molecular flexibility index (Phi) is 2.55. The molecule has 0 saturated heterocycles. The molecule has 1 N–H and O–H groups in total. The molecule has 0 aliphatic carbocycles. The molecule has 0 bridgehead atoms. The maximum atomic E-state index is 5.72. The van der Waals surface area contributed by atoms with Crippen molar-refractivity contribution in [1.29, 1.82) is 0 Å². The van der Waals surface area contributed by atoms with Crippen LogP contribution in [0.2, 0.25) is 5.15 Å². The molecule has 0 saturated carbocycles. The van der Waals surface area contributed by atoms with E-state index in [-0.39, 0.29) is 0 Å². The third-order valence-electron chi connectivity index (χ3n) is 1.92. The summed E-state index contributed by atoms with van der Waals surface area (Å²) in [7, 11) is 1.87. The summed E-state index contributed by atoms with van der Waals surface area (Å²) in [5.74, 6) is 0. The van der Waals surface area contributed by atoms with Gasteiger partial charge in [-0.05, 0) is 6.92 Å². The van der Waals surface area contributed by atoms with Gasteiger partial charge in [-0.15, -0.1) is 5.10 Å². The lowest BCUT2D eigenvalue weighted by Crippen LogP contribution is -1.92. The SMILES string of the molecule is Cc1nn(C)cc1Nc1cnnc(Cl)c1. The van der Waals surface area contributed by atoms with E-state index in [9.17, 15) is 0 Å². The van der Waals surface area contributed by atoms with Crippen LogP contribution in [-0.4, -0.2) is 20.0 Å². The van der Waals surface area contributed by atoms with Crippen LogP contribution in [0.1, 0.15) is 5.69 Å². The van der Waals surface area contributed by atoms with Crippen LogP contribution in [0.25, 0.3) is 0 Å². The molecule has 0 amide bonds. The molecule has 0 unspecified atom stereocenters. The first-order valence-corrected chi connectivity index (χ1v) is 4.78. The van der Waals surface area contributed by atoms with Gasteiger partial charge in [0.2, 0.25) is 0 Å². The summed E-state index contributed by atoms with van der Waals surface area (Å²) in [5, 5.41) is 15.1. The lowest BCUT2D eigenvalue weighted by atomic mass is 10.3. The highest BCUT2D eigenvalue weighted by molar-refractivity contribution is 6.29. The van der Waals surface area contributed by atoms with Gasteiger partial charge in [-0.25, -0.2) is 0 Å². The quantitative estimate of drug-likeness (QED) is 0.845. The van der Waals surface area contributed by atoms with E-state index in [0.29, 0.717) is 5.15 Å². The zero-order valence-electron chi connectivity index (χ0n) is 8.40. The number of hydrogen-bond acceptors (Lipinski definition) is 4. The molecule has 0 atom stereocenters. The molecular weight excluding hydrogens is 214 g/mol. The average molecular weight is 224 g/mol. The smallest absolute Gasteiger partial charge is 0.153 e. The van der Waals surface area contributed by atoms with Crippen LogP contribution < -0.4 is 5.32 Å². The Morgan fingerprint density at radius 2 is 2.27 bits per heavy atom. The van der Waals surface area contributed by atoms with Crippen molar-refractivity contribution in [3.63, 3.8) is 0 Å². The van der Waals surface area contributed by atoms with E-state index in [1.807, 2.05) is 20.2 Å². The van der Waals surface area contributed by atoms with Crippen LogP contribution in [0.3, 0.4) is 0 Å². The molecule has 6 heteroatoms. The van der Waals surface area contributed by atoms with Crippen molar-refractivity contribution in [3.8, 4) is 0 Å². The minimum absolute atomic E-state index is 0.363. The van der Waals surface area contributed by atoms with E-state index in [1.54, 1.807) is 16.9 Å². The van der Waals surface area contributed by atoms with E-state index < -0.39 is 0 Å². The lowest BCUT2D eigenvalue weighted by molar-refractivity contribution is 0.756. The number of nitrogens with one attached hydrogen (secondary N) is 1. The predicted octanol–water partition coefficient (Wildman–Crippen LogP) is 1.92. The van der Waals surface area contributed by atoms with Gasteiger partial charge < -0.3 is 5.32 Å². The van der Waals surface area contributed by atoms with E-state index in [4.69, 9.17) is 11.6 Å². The van der Waals surface area contributed by atoms with Crippen molar-refractivity contribution in [2.24, 2.45) is 7.05 Å². The minimum atomic E-state index is 0.363. The molecule has 0 fully saturated rings. The van der Waals surface area contributed by atoms with E-state index >= 15 is 0 Å². The molecule has 2 aromatic heterocycles. The van der Waals surface area contributed by atoms with Crippen molar-refractivity contribution in [2.45, 2.75) is 6.92 Å². The monoisotopic (exact) mass is 223 g/mol. The van der Waals surface area contributed by atoms with Gasteiger partial charge in [0.25, 0.3) is 0 Å². The minimum Gasteiger partial charge on any atom is -0.351 e. The summed E-state index contributed by atoms with van der Waals surface area (Å²) in [6, 6.07) is 1.71. The number of rotatable bonds is 2. The molecule has 0 aromatic carbocycles. The van der Waals surface area contributed by atoms with Gasteiger partial charge in [0.15, 0.2) is 5.15 Å². The number of halogens is 1. The lowest BCUT2D eigenvalue weighted by Gasteiger charge is -2.02. The highest BCUT2D eigenvalue weighted by atomic mass is 35.5. The normalized spacial score (nSPS) is 10.3. The Balaban J connectivity index is 2.25. The fourth-order valence-corrected chi connectivity index (χ4v) is 1.45. The van der Waals surface area contributed by atoms with Gasteiger partial charge in [0.05, 0.1) is 23.3 Å². The molecule has 0 spiro atoms. The maximum Gasteiger partial charge on any atom is 0.153 e.